The summed E-state index contributed by atoms with van der Waals surface area (Å²) in [4.78, 5) is 27.0. The number of carbonyl (C=O) groups excluding carboxylic acids is 1. The summed E-state index contributed by atoms with van der Waals surface area (Å²) in [5, 5.41) is 13.8. The number of nitro benzene ring substituents is 1. The van der Waals surface area contributed by atoms with Gasteiger partial charge in [0.1, 0.15) is 12.4 Å². The van der Waals surface area contributed by atoms with Gasteiger partial charge in [0, 0.05) is 35.2 Å². The van der Waals surface area contributed by atoms with Crippen LogP contribution < -0.4 is 10.1 Å². The third-order valence-corrected chi connectivity index (χ3v) is 4.51. The second kappa shape index (κ2) is 8.97. The molecule has 2 aromatic carbocycles. The molecule has 0 spiro atoms. The van der Waals surface area contributed by atoms with Crippen LogP contribution >= 0.6 is 0 Å². The molecule has 0 radical (unpaired) electrons. The second-order valence-electron chi connectivity index (χ2n) is 6.67. The number of hydrogen-bond acceptors (Lipinski definition) is 5. The van der Waals surface area contributed by atoms with Crippen molar-refractivity contribution in [3.8, 4) is 5.75 Å². The van der Waals surface area contributed by atoms with E-state index < -0.39 is 4.92 Å². The number of ether oxygens (including phenoxy) is 1. The summed E-state index contributed by atoms with van der Waals surface area (Å²) in [5.41, 5.74) is 2.74. The van der Waals surface area contributed by atoms with Gasteiger partial charge in [-0.1, -0.05) is 18.2 Å². The number of nitrogens with one attached hydrogen (secondary N) is 1. The van der Waals surface area contributed by atoms with Crippen molar-refractivity contribution in [2.45, 2.75) is 26.5 Å². The number of rotatable bonds is 7. The third-order valence-electron chi connectivity index (χ3n) is 4.51. The number of carbonyl (C=O) groups is 1. The Kier molecular flexibility index (Phi) is 6.19. The SMILES string of the molecule is Cc1cc(C(=O)NC(C)c2ccc(OCc3cccnc3)cc2)ccc1[N+](=O)[O-]. The van der Waals surface area contributed by atoms with Crippen LogP contribution in [0.25, 0.3) is 0 Å². The molecule has 148 valence electrons. The van der Waals surface area contributed by atoms with E-state index in [1.54, 1.807) is 19.3 Å². The molecular weight excluding hydrogens is 370 g/mol. The summed E-state index contributed by atoms with van der Waals surface area (Å²) in [6.45, 7) is 3.92. The summed E-state index contributed by atoms with van der Waals surface area (Å²) < 4.78 is 5.74. The number of hydrogen-bond donors (Lipinski definition) is 1. The van der Waals surface area contributed by atoms with Gasteiger partial charge in [-0.15, -0.1) is 0 Å². The number of nitrogens with zero attached hydrogens (tertiary/aromatic N) is 2. The number of aromatic nitrogens is 1. The van der Waals surface area contributed by atoms with Gasteiger partial charge < -0.3 is 10.1 Å². The van der Waals surface area contributed by atoms with E-state index in [-0.39, 0.29) is 17.6 Å². The molecule has 0 aliphatic rings. The van der Waals surface area contributed by atoms with Crippen LogP contribution in [0.1, 0.15) is 40.0 Å². The zero-order valence-corrected chi connectivity index (χ0v) is 16.2. The molecular formula is C22H21N3O4. The molecule has 1 aromatic heterocycles. The molecule has 0 aliphatic heterocycles. The maximum Gasteiger partial charge on any atom is 0.272 e. The van der Waals surface area contributed by atoms with Gasteiger partial charge in [-0.05, 0) is 49.7 Å². The van der Waals surface area contributed by atoms with Crippen molar-refractivity contribution in [3.05, 3.63) is 99.4 Å². The smallest absolute Gasteiger partial charge is 0.272 e. The average molecular weight is 391 g/mol. The number of amides is 1. The summed E-state index contributed by atoms with van der Waals surface area (Å²) >= 11 is 0. The highest BCUT2D eigenvalue weighted by Gasteiger charge is 2.16. The molecule has 3 aromatic rings. The monoisotopic (exact) mass is 391 g/mol. The van der Waals surface area contributed by atoms with E-state index in [0.717, 1.165) is 16.9 Å². The Balaban J connectivity index is 1.60. The zero-order chi connectivity index (χ0) is 20.8. The van der Waals surface area contributed by atoms with Crippen LogP contribution in [0.15, 0.2) is 67.0 Å². The second-order valence-corrected chi connectivity index (χ2v) is 6.67. The lowest BCUT2D eigenvalue weighted by atomic mass is 10.1. The van der Waals surface area contributed by atoms with E-state index in [1.807, 2.05) is 43.3 Å². The van der Waals surface area contributed by atoms with Crippen LogP contribution in [0.3, 0.4) is 0 Å². The van der Waals surface area contributed by atoms with Crippen LogP contribution in [-0.2, 0) is 6.61 Å². The highest BCUT2D eigenvalue weighted by Crippen LogP contribution is 2.21. The van der Waals surface area contributed by atoms with Gasteiger partial charge in [-0.25, -0.2) is 0 Å². The van der Waals surface area contributed by atoms with Gasteiger partial charge >= 0.3 is 0 Å². The predicted molar refractivity (Wildman–Crippen MR) is 109 cm³/mol. The Morgan fingerprint density at radius 1 is 1.21 bits per heavy atom. The van der Waals surface area contributed by atoms with Gasteiger partial charge in [-0.2, -0.15) is 0 Å². The van der Waals surface area contributed by atoms with Crippen LogP contribution in [0, 0.1) is 17.0 Å². The molecule has 1 amide bonds. The lowest BCUT2D eigenvalue weighted by Gasteiger charge is -2.15. The third kappa shape index (κ3) is 5.16. The van der Waals surface area contributed by atoms with E-state index in [4.69, 9.17) is 4.74 Å². The zero-order valence-electron chi connectivity index (χ0n) is 16.2. The van der Waals surface area contributed by atoms with Gasteiger partial charge in [0.15, 0.2) is 0 Å². The fraction of sp³-hybridized carbons (Fsp3) is 0.182. The van der Waals surface area contributed by atoms with Gasteiger partial charge in [0.2, 0.25) is 0 Å². The Morgan fingerprint density at radius 2 is 1.97 bits per heavy atom. The average Bonchev–Trinajstić information content (AvgIpc) is 2.73. The molecule has 1 heterocycles. The van der Waals surface area contributed by atoms with E-state index >= 15 is 0 Å². The predicted octanol–water partition coefficient (Wildman–Crippen LogP) is 4.37. The summed E-state index contributed by atoms with van der Waals surface area (Å²) in [6.07, 6.45) is 3.47. The summed E-state index contributed by atoms with van der Waals surface area (Å²) in [5.74, 6) is 0.439. The minimum Gasteiger partial charge on any atom is -0.489 e. The molecule has 1 atom stereocenters. The minimum atomic E-state index is -0.461. The quantitative estimate of drug-likeness (QED) is 0.477. The Labute approximate surface area is 168 Å². The molecule has 7 nitrogen and oxygen atoms in total. The molecule has 29 heavy (non-hydrogen) atoms. The first-order valence-electron chi connectivity index (χ1n) is 9.11. The fourth-order valence-corrected chi connectivity index (χ4v) is 2.87. The number of pyridine rings is 1. The van der Waals surface area contributed by atoms with Crippen molar-refractivity contribution in [1.82, 2.24) is 10.3 Å². The van der Waals surface area contributed by atoms with E-state index in [1.165, 1.54) is 18.2 Å². The van der Waals surface area contributed by atoms with Crippen molar-refractivity contribution >= 4 is 11.6 Å². The summed E-state index contributed by atoms with van der Waals surface area (Å²) in [7, 11) is 0. The van der Waals surface area contributed by atoms with Gasteiger partial charge in [0.25, 0.3) is 11.6 Å². The van der Waals surface area contributed by atoms with Crippen LogP contribution in [0.2, 0.25) is 0 Å². The first kappa shape index (κ1) is 20.0. The van der Waals surface area contributed by atoms with Crippen molar-refractivity contribution in [2.75, 3.05) is 0 Å². The number of aryl methyl sites for hydroxylation is 1. The molecule has 3 rings (SSSR count). The molecule has 1 N–H and O–H groups in total. The first-order chi connectivity index (χ1) is 13.9. The molecule has 7 heteroatoms. The van der Waals surface area contributed by atoms with Crippen LogP contribution in [0.4, 0.5) is 5.69 Å². The molecule has 0 saturated heterocycles. The normalized spacial score (nSPS) is 11.5. The maximum absolute atomic E-state index is 12.5. The topological polar surface area (TPSA) is 94.4 Å². The highest BCUT2D eigenvalue weighted by molar-refractivity contribution is 5.95. The Bertz CT molecular complexity index is 1000. The summed E-state index contributed by atoms with van der Waals surface area (Å²) in [6, 6.07) is 15.4. The lowest BCUT2D eigenvalue weighted by Crippen LogP contribution is -2.26. The van der Waals surface area contributed by atoms with Crippen molar-refractivity contribution in [3.63, 3.8) is 0 Å². The molecule has 0 fully saturated rings. The van der Waals surface area contributed by atoms with Gasteiger partial charge in [-0.3, -0.25) is 19.9 Å². The minimum absolute atomic E-state index is 0.00327. The van der Waals surface area contributed by atoms with E-state index in [9.17, 15) is 14.9 Å². The van der Waals surface area contributed by atoms with Crippen molar-refractivity contribution < 1.29 is 14.5 Å². The lowest BCUT2D eigenvalue weighted by molar-refractivity contribution is -0.385. The Hall–Kier alpha value is -3.74. The molecule has 0 bridgehead atoms. The maximum atomic E-state index is 12.5. The van der Waals surface area contributed by atoms with Gasteiger partial charge in [0.05, 0.1) is 11.0 Å². The van der Waals surface area contributed by atoms with Crippen LogP contribution in [-0.4, -0.2) is 15.8 Å². The first-order valence-corrected chi connectivity index (χ1v) is 9.11. The molecule has 0 saturated carbocycles. The number of benzene rings is 2. The fourth-order valence-electron chi connectivity index (χ4n) is 2.87. The number of nitro groups is 1. The van der Waals surface area contributed by atoms with E-state index in [0.29, 0.717) is 17.7 Å². The Morgan fingerprint density at radius 3 is 2.59 bits per heavy atom. The molecule has 1 unspecified atom stereocenters. The van der Waals surface area contributed by atoms with Crippen LogP contribution in [0.5, 0.6) is 5.75 Å². The van der Waals surface area contributed by atoms with E-state index in [2.05, 4.69) is 10.3 Å². The largest absolute Gasteiger partial charge is 0.489 e. The standard InChI is InChI=1S/C22H21N3O4/c1-15-12-19(7-10-21(15)25(27)28)22(26)24-16(2)18-5-8-20(9-6-18)29-14-17-4-3-11-23-13-17/h3-13,16H,14H2,1-2H3,(H,24,26). The van der Waals surface area contributed by atoms with Crippen molar-refractivity contribution in [2.24, 2.45) is 0 Å². The highest BCUT2D eigenvalue weighted by atomic mass is 16.6. The van der Waals surface area contributed by atoms with Crippen molar-refractivity contribution in [1.29, 1.82) is 0 Å². The molecule has 0 aliphatic carbocycles.